The Bertz CT molecular complexity index is 988. The van der Waals surface area contributed by atoms with Gasteiger partial charge in [-0.05, 0) is 69.0 Å². The Morgan fingerprint density at radius 3 is 2.62 bits per heavy atom. The first-order valence-electron chi connectivity index (χ1n) is 9.93. The molecule has 6 nitrogen and oxygen atoms in total. The zero-order chi connectivity index (χ0) is 21.0. The summed E-state index contributed by atoms with van der Waals surface area (Å²) in [5.41, 5.74) is 2.52. The van der Waals surface area contributed by atoms with Gasteiger partial charge in [-0.1, -0.05) is 18.2 Å². The van der Waals surface area contributed by atoms with Gasteiger partial charge in [0.25, 0.3) is 0 Å². The number of anilines is 1. The number of piperidine rings is 1. The van der Waals surface area contributed by atoms with E-state index in [2.05, 4.69) is 5.32 Å². The number of rotatable bonds is 6. The molecule has 1 N–H and O–H groups in total. The minimum Gasteiger partial charge on any atom is -0.494 e. The van der Waals surface area contributed by atoms with Gasteiger partial charge in [-0.15, -0.1) is 0 Å². The molecule has 156 valence electrons. The van der Waals surface area contributed by atoms with Gasteiger partial charge in [0.1, 0.15) is 5.75 Å². The van der Waals surface area contributed by atoms with E-state index in [0.717, 1.165) is 16.8 Å². The molecule has 0 radical (unpaired) electrons. The highest BCUT2D eigenvalue weighted by atomic mass is 32.2. The fourth-order valence-electron chi connectivity index (χ4n) is 3.57. The minimum absolute atomic E-state index is 0.137. The summed E-state index contributed by atoms with van der Waals surface area (Å²) >= 11 is 0. The molecule has 1 heterocycles. The topological polar surface area (TPSA) is 75.7 Å². The summed E-state index contributed by atoms with van der Waals surface area (Å²) in [5.74, 6) is 0.171. The van der Waals surface area contributed by atoms with Crippen LogP contribution in [0, 0.1) is 19.8 Å². The zero-order valence-electron chi connectivity index (χ0n) is 17.1. The third-order valence-corrected chi connectivity index (χ3v) is 7.10. The molecule has 0 unspecified atom stereocenters. The zero-order valence-corrected chi connectivity index (χ0v) is 18.0. The number of nitrogens with one attached hydrogen (secondary N) is 1. The first-order chi connectivity index (χ1) is 13.8. The predicted molar refractivity (Wildman–Crippen MR) is 114 cm³/mol. The summed E-state index contributed by atoms with van der Waals surface area (Å²) in [6.07, 6.45) is 1.33. The summed E-state index contributed by atoms with van der Waals surface area (Å²) < 4.78 is 33.2. The highest BCUT2D eigenvalue weighted by Gasteiger charge is 2.33. The van der Waals surface area contributed by atoms with Crippen molar-refractivity contribution in [1.82, 2.24) is 4.31 Å². The molecule has 7 heteroatoms. The van der Waals surface area contributed by atoms with Crippen molar-refractivity contribution in [1.29, 1.82) is 0 Å². The van der Waals surface area contributed by atoms with Crippen molar-refractivity contribution >= 4 is 21.6 Å². The van der Waals surface area contributed by atoms with Crippen molar-refractivity contribution in [2.75, 3.05) is 25.0 Å². The van der Waals surface area contributed by atoms with Crippen molar-refractivity contribution in [3.05, 3.63) is 53.6 Å². The summed E-state index contributed by atoms with van der Waals surface area (Å²) in [4.78, 5) is 13.0. The van der Waals surface area contributed by atoms with E-state index in [0.29, 0.717) is 31.7 Å². The van der Waals surface area contributed by atoms with Crippen LogP contribution in [0.1, 0.15) is 30.9 Å². The van der Waals surface area contributed by atoms with E-state index in [1.54, 1.807) is 18.2 Å². The summed E-state index contributed by atoms with van der Waals surface area (Å²) in [7, 11) is -3.67. The molecule has 1 aliphatic heterocycles. The molecule has 0 spiro atoms. The van der Waals surface area contributed by atoms with E-state index >= 15 is 0 Å². The van der Waals surface area contributed by atoms with Gasteiger partial charge in [-0.25, -0.2) is 8.42 Å². The second-order valence-electron chi connectivity index (χ2n) is 7.37. The first-order valence-corrected chi connectivity index (χ1v) is 11.4. The summed E-state index contributed by atoms with van der Waals surface area (Å²) in [5, 5.41) is 2.95. The van der Waals surface area contributed by atoms with Crippen LogP contribution in [0.4, 0.5) is 5.69 Å². The maximum absolute atomic E-state index is 13.1. The lowest BCUT2D eigenvalue weighted by Gasteiger charge is -2.31. The van der Waals surface area contributed by atoms with E-state index in [4.69, 9.17) is 4.74 Å². The van der Waals surface area contributed by atoms with Crippen LogP contribution in [0.5, 0.6) is 5.75 Å². The number of hydrogen-bond donors (Lipinski definition) is 1. The molecule has 1 saturated heterocycles. The molecule has 2 aromatic rings. The fraction of sp³-hybridized carbons (Fsp3) is 0.409. The van der Waals surface area contributed by atoms with Crippen LogP contribution in [-0.4, -0.2) is 38.3 Å². The molecule has 29 heavy (non-hydrogen) atoms. The molecule has 1 fully saturated rings. The van der Waals surface area contributed by atoms with Gasteiger partial charge in [0, 0.05) is 18.8 Å². The van der Waals surface area contributed by atoms with Gasteiger partial charge >= 0.3 is 0 Å². The molecular weight excluding hydrogens is 388 g/mol. The van der Waals surface area contributed by atoms with Crippen molar-refractivity contribution in [2.45, 2.75) is 38.5 Å². The second kappa shape index (κ2) is 8.97. The van der Waals surface area contributed by atoms with Gasteiger partial charge < -0.3 is 10.1 Å². The third kappa shape index (κ3) is 4.79. The molecule has 0 aliphatic carbocycles. The number of aryl methyl sites for hydroxylation is 2. The highest BCUT2D eigenvalue weighted by Crippen LogP contribution is 2.28. The summed E-state index contributed by atoms with van der Waals surface area (Å²) in [6, 6.07) is 12.5. The van der Waals surface area contributed by atoms with Crippen LogP contribution in [0.25, 0.3) is 0 Å². The second-order valence-corrected chi connectivity index (χ2v) is 9.30. The Labute approximate surface area is 172 Å². The average molecular weight is 417 g/mol. The van der Waals surface area contributed by atoms with Crippen LogP contribution in [0.2, 0.25) is 0 Å². The van der Waals surface area contributed by atoms with Crippen molar-refractivity contribution in [3.8, 4) is 5.75 Å². The number of ether oxygens (including phenoxy) is 1. The van der Waals surface area contributed by atoms with Crippen LogP contribution in [0.15, 0.2) is 47.4 Å². The van der Waals surface area contributed by atoms with E-state index < -0.39 is 10.0 Å². The highest BCUT2D eigenvalue weighted by molar-refractivity contribution is 7.89. The Morgan fingerprint density at radius 1 is 1.17 bits per heavy atom. The quantitative estimate of drug-likeness (QED) is 0.778. The van der Waals surface area contributed by atoms with Crippen LogP contribution in [0.3, 0.4) is 0 Å². The Hall–Kier alpha value is -2.38. The number of sulfonamides is 1. The number of carbonyl (C=O) groups is 1. The standard InChI is InChI=1S/C22H28N2O4S/c1-4-28-21-12-11-19(14-17(21)3)29(26,27)24-13-7-9-18(15-24)22(25)23-20-10-6-5-8-16(20)2/h5-6,8,10-12,14,18H,4,7,9,13,15H2,1-3H3,(H,23,25)/t18-/m1/s1. The van der Waals surface area contributed by atoms with Crippen molar-refractivity contribution in [3.63, 3.8) is 0 Å². The monoisotopic (exact) mass is 416 g/mol. The van der Waals surface area contributed by atoms with E-state index in [-0.39, 0.29) is 23.3 Å². The maximum Gasteiger partial charge on any atom is 0.243 e. The fourth-order valence-corrected chi connectivity index (χ4v) is 5.18. The van der Waals surface area contributed by atoms with Gasteiger partial charge in [0.2, 0.25) is 15.9 Å². The predicted octanol–water partition coefficient (Wildman–Crippen LogP) is 3.74. The molecule has 1 aliphatic rings. The molecule has 1 atom stereocenters. The lowest BCUT2D eigenvalue weighted by atomic mass is 9.98. The van der Waals surface area contributed by atoms with Gasteiger partial charge in [-0.3, -0.25) is 4.79 Å². The Morgan fingerprint density at radius 2 is 1.93 bits per heavy atom. The lowest BCUT2D eigenvalue weighted by Crippen LogP contribution is -2.43. The molecule has 2 aromatic carbocycles. The van der Waals surface area contributed by atoms with E-state index in [9.17, 15) is 13.2 Å². The number of para-hydroxylation sites is 1. The molecular formula is C22H28N2O4S. The molecule has 0 aromatic heterocycles. The largest absolute Gasteiger partial charge is 0.494 e. The maximum atomic E-state index is 13.1. The van der Waals surface area contributed by atoms with Crippen molar-refractivity contribution in [2.24, 2.45) is 5.92 Å². The molecule has 3 rings (SSSR count). The minimum atomic E-state index is -3.67. The smallest absolute Gasteiger partial charge is 0.243 e. The SMILES string of the molecule is CCOc1ccc(S(=O)(=O)N2CCC[C@@H](C(=O)Nc3ccccc3C)C2)cc1C. The Balaban J connectivity index is 1.75. The van der Waals surface area contributed by atoms with Crippen LogP contribution < -0.4 is 10.1 Å². The van der Waals surface area contributed by atoms with E-state index in [1.807, 2.05) is 45.0 Å². The number of benzene rings is 2. The van der Waals surface area contributed by atoms with Crippen LogP contribution in [-0.2, 0) is 14.8 Å². The number of carbonyl (C=O) groups excluding carboxylic acids is 1. The average Bonchev–Trinajstić information content (AvgIpc) is 2.71. The first kappa shape index (κ1) is 21.3. The molecule has 0 bridgehead atoms. The normalized spacial score (nSPS) is 17.7. The third-order valence-electron chi connectivity index (χ3n) is 5.24. The Kier molecular flexibility index (Phi) is 6.59. The molecule has 1 amide bonds. The van der Waals surface area contributed by atoms with Gasteiger partial charge in [-0.2, -0.15) is 4.31 Å². The lowest BCUT2D eigenvalue weighted by molar-refractivity contribution is -0.120. The van der Waals surface area contributed by atoms with Crippen LogP contribution >= 0.6 is 0 Å². The number of amides is 1. The number of nitrogens with zero attached hydrogens (tertiary/aromatic N) is 1. The van der Waals surface area contributed by atoms with E-state index in [1.165, 1.54) is 4.31 Å². The van der Waals surface area contributed by atoms with Gasteiger partial charge in [0.15, 0.2) is 0 Å². The summed E-state index contributed by atoms with van der Waals surface area (Å²) in [6.45, 7) is 6.78. The number of hydrogen-bond acceptors (Lipinski definition) is 4. The van der Waals surface area contributed by atoms with Crippen molar-refractivity contribution < 1.29 is 17.9 Å². The molecule has 0 saturated carbocycles. The van der Waals surface area contributed by atoms with Gasteiger partial charge in [0.05, 0.1) is 17.4 Å².